The molecule has 0 aromatic heterocycles. The summed E-state index contributed by atoms with van der Waals surface area (Å²) >= 11 is 0. The van der Waals surface area contributed by atoms with E-state index in [2.05, 4.69) is 17.5 Å². The summed E-state index contributed by atoms with van der Waals surface area (Å²) in [4.78, 5) is 12.4. The van der Waals surface area contributed by atoms with Gasteiger partial charge >= 0.3 is 0 Å². The van der Waals surface area contributed by atoms with E-state index in [1.165, 1.54) is 5.56 Å². The second kappa shape index (κ2) is 7.18. The Hall–Kier alpha value is -3.14. The van der Waals surface area contributed by atoms with Crippen LogP contribution < -0.4 is 5.43 Å². The average molecular weight is 332 g/mol. The van der Waals surface area contributed by atoms with Crippen LogP contribution in [0, 0.1) is 0 Å². The van der Waals surface area contributed by atoms with E-state index in [0.29, 0.717) is 5.71 Å². The van der Waals surface area contributed by atoms with E-state index in [0.717, 1.165) is 22.8 Å². The van der Waals surface area contributed by atoms with Crippen LogP contribution in [0.4, 0.5) is 0 Å². The molecule has 1 amide bonds. The van der Waals surface area contributed by atoms with E-state index in [9.17, 15) is 9.90 Å². The number of rotatable bonds is 4. The van der Waals surface area contributed by atoms with Crippen LogP contribution in [-0.2, 0) is 6.42 Å². The van der Waals surface area contributed by atoms with Crippen LogP contribution >= 0.6 is 0 Å². The SMILES string of the molecule is CCc1ccc(C(C)=NNC(=O)c2cc3ccccc3cc2O)cc1. The monoisotopic (exact) mass is 332 g/mol. The first-order valence-corrected chi connectivity index (χ1v) is 8.24. The van der Waals surface area contributed by atoms with Crippen molar-refractivity contribution < 1.29 is 9.90 Å². The van der Waals surface area contributed by atoms with Crippen LogP contribution in [0.1, 0.15) is 35.3 Å². The molecule has 3 rings (SSSR count). The minimum Gasteiger partial charge on any atom is -0.507 e. The summed E-state index contributed by atoms with van der Waals surface area (Å²) in [6.07, 6.45) is 0.981. The molecule has 0 atom stereocenters. The number of nitrogens with one attached hydrogen (secondary N) is 1. The summed E-state index contributed by atoms with van der Waals surface area (Å²) in [7, 11) is 0. The quantitative estimate of drug-likeness (QED) is 0.554. The molecule has 2 N–H and O–H groups in total. The molecule has 0 fully saturated rings. The van der Waals surface area contributed by atoms with Crippen molar-refractivity contribution >= 4 is 22.4 Å². The fourth-order valence-electron chi connectivity index (χ4n) is 2.65. The van der Waals surface area contributed by atoms with Crippen molar-refractivity contribution in [3.8, 4) is 5.75 Å². The minimum absolute atomic E-state index is 0.0589. The first-order chi connectivity index (χ1) is 12.1. The number of nitrogens with zero attached hydrogens (tertiary/aromatic N) is 1. The Balaban J connectivity index is 1.80. The van der Waals surface area contributed by atoms with Crippen molar-refractivity contribution in [2.24, 2.45) is 5.10 Å². The molecule has 0 radical (unpaired) electrons. The first-order valence-electron chi connectivity index (χ1n) is 8.24. The van der Waals surface area contributed by atoms with Gasteiger partial charge in [0.25, 0.3) is 5.91 Å². The zero-order chi connectivity index (χ0) is 17.8. The highest BCUT2D eigenvalue weighted by atomic mass is 16.3. The van der Waals surface area contributed by atoms with Gasteiger partial charge in [0.2, 0.25) is 0 Å². The van der Waals surface area contributed by atoms with Gasteiger partial charge in [0.1, 0.15) is 5.75 Å². The Morgan fingerprint density at radius 1 is 1.04 bits per heavy atom. The zero-order valence-electron chi connectivity index (χ0n) is 14.3. The van der Waals surface area contributed by atoms with Gasteiger partial charge in [-0.25, -0.2) is 5.43 Å². The Morgan fingerprint density at radius 2 is 1.68 bits per heavy atom. The standard InChI is InChI=1S/C21H20N2O2/c1-3-15-8-10-16(11-9-15)14(2)22-23-21(25)19-12-17-6-4-5-7-18(17)13-20(19)24/h4-13,24H,3H2,1-2H3,(H,23,25). The molecule has 25 heavy (non-hydrogen) atoms. The second-order valence-electron chi connectivity index (χ2n) is 5.91. The molecule has 0 aliphatic rings. The number of carbonyl (C=O) groups excluding carboxylic acids is 1. The van der Waals surface area contributed by atoms with Crippen molar-refractivity contribution in [2.75, 3.05) is 0 Å². The largest absolute Gasteiger partial charge is 0.507 e. The van der Waals surface area contributed by atoms with Crippen molar-refractivity contribution in [1.29, 1.82) is 0 Å². The molecular weight excluding hydrogens is 312 g/mol. The molecule has 0 saturated heterocycles. The molecular formula is C21H20N2O2. The number of carbonyl (C=O) groups is 1. The normalized spacial score (nSPS) is 11.5. The molecule has 0 heterocycles. The number of aromatic hydroxyl groups is 1. The first kappa shape index (κ1) is 16.7. The third kappa shape index (κ3) is 3.69. The van der Waals surface area contributed by atoms with E-state index in [1.807, 2.05) is 55.5 Å². The number of hydrogen-bond acceptors (Lipinski definition) is 3. The fourth-order valence-corrected chi connectivity index (χ4v) is 2.65. The van der Waals surface area contributed by atoms with Gasteiger partial charge in [0.05, 0.1) is 11.3 Å². The summed E-state index contributed by atoms with van der Waals surface area (Å²) in [6, 6.07) is 18.9. The molecule has 0 spiro atoms. The number of hydrazone groups is 1. The lowest BCUT2D eigenvalue weighted by molar-refractivity contribution is 0.0952. The van der Waals surface area contributed by atoms with Crippen LogP contribution in [0.3, 0.4) is 0 Å². The number of phenolic OH excluding ortho intramolecular Hbond substituents is 1. The number of aryl methyl sites for hydroxylation is 1. The Labute approximate surface area is 146 Å². The van der Waals surface area contributed by atoms with Gasteiger partial charge < -0.3 is 5.11 Å². The van der Waals surface area contributed by atoms with Gasteiger partial charge in [-0.15, -0.1) is 0 Å². The molecule has 126 valence electrons. The minimum atomic E-state index is -0.437. The summed E-state index contributed by atoms with van der Waals surface area (Å²) < 4.78 is 0. The van der Waals surface area contributed by atoms with Crippen molar-refractivity contribution in [3.05, 3.63) is 77.4 Å². The molecule has 0 unspecified atom stereocenters. The summed E-state index contributed by atoms with van der Waals surface area (Å²) in [5, 5.41) is 16.0. The predicted molar refractivity (Wildman–Crippen MR) is 101 cm³/mol. The number of benzene rings is 3. The van der Waals surface area contributed by atoms with Gasteiger partial charge in [0, 0.05) is 0 Å². The number of phenols is 1. The Morgan fingerprint density at radius 3 is 2.32 bits per heavy atom. The lowest BCUT2D eigenvalue weighted by Crippen LogP contribution is -2.19. The highest BCUT2D eigenvalue weighted by molar-refractivity contribution is 6.03. The topological polar surface area (TPSA) is 61.7 Å². The van der Waals surface area contributed by atoms with Crippen LogP contribution in [0.15, 0.2) is 65.8 Å². The molecule has 0 aliphatic carbocycles. The highest BCUT2D eigenvalue weighted by Crippen LogP contribution is 2.24. The summed E-state index contributed by atoms with van der Waals surface area (Å²) in [5.74, 6) is -0.496. The van der Waals surface area contributed by atoms with Crippen molar-refractivity contribution in [2.45, 2.75) is 20.3 Å². The lowest BCUT2D eigenvalue weighted by Gasteiger charge is -2.07. The summed E-state index contributed by atoms with van der Waals surface area (Å²) in [6.45, 7) is 3.94. The number of fused-ring (bicyclic) bond motifs is 1. The van der Waals surface area contributed by atoms with Gasteiger partial charge in [-0.2, -0.15) is 5.10 Å². The maximum Gasteiger partial charge on any atom is 0.275 e. The maximum atomic E-state index is 12.4. The highest BCUT2D eigenvalue weighted by Gasteiger charge is 2.12. The Kier molecular flexibility index (Phi) is 4.80. The second-order valence-corrected chi connectivity index (χ2v) is 5.91. The van der Waals surface area contributed by atoms with Crippen molar-refractivity contribution in [3.63, 3.8) is 0 Å². The van der Waals surface area contributed by atoms with Crippen LogP contribution in [-0.4, -0.2) is 16.7 Å². The number of amides is 1. The van der Waals surface area contributed by atoms with Crippen LogP contribution in [0.2, 0.25) is 0 Å². The van der Waals surface area contributed by atoms with Crippen LogP contribution in [0.5, 0.6) is 5.75 Å². The Bertz CT molecular complexity index is 944. The lowest BCUT2D eigenvalue weighted by atomic mass is 10.1. The average Bonchev–Trinajstić information content (AvgIpc) is 2.65. The van der Waals surface area contributed by atoms with Gasteiger partial charge in [-0.1, -0.05) is 55.5 Å². The van der Waals surface area contributed by atoms with Gasteiger partial charge in [-0.3, -0.25) is 4.79 Å². The molecule has 3 aromatic carbocycles. The summed E-state index contributed by atoms with van der Waals surface area (Å²) in [5.41, 5.74) is 5.63. The molecule has 0 aliphatic heterocycles. The van der Waals surface area contributed by atoms with Crippen LogP contribution in [0.25, 0.3) is 10.8 Å². The molecule has 4 heteroatoms. The number of hydrogen-bond donors (Lipinski definition) is 2. The third-order valence-corrected chi connectivity index (χ3v) is 4.21. The molecule has 4 nitrogen and oxygen atoms in total. The van der Waals surface area contributed by atoms with Crippen molar-refractivity contribution in [1.82, 2.24) is 5.43 Å². The molecule has 0 bridgehead atoms. The third-order valence-electron chi connectivity index (χ3n) is 4.21. The van der Waals surface area contributed by atoms with E-state index >= 15 is 0 Å². The van der Waals surface area contributed by atoms with Gasteiger partial charge in [-0.05, 0) is 47.4 Å². The van der Waals surface area contributed by atoms with E-state index in [4.69, 9.17) is 0 Å². The van der Waals surface area contributed by atoms with Gasteiger partial charge in [0.15, 0.2) is 0 Å². The molecule has 0 saturated carbocycles. The van der Waals surface area contributed by atoms with E-state index < -0.39 is 5.91 Å². The fraction of sp³-hybridized carbons (Fsp3) is 0.143. The van der Waals surface area contributed by atoms with E-state index in [-0.39, 0.29) is 11.3 Å². The zero-order valence-corrected chi connectivity index (χ0v) is 14.3. The predicted octanol–water partition coefficient (Wildman–Crippen LogP) is 4.26. The molecule has 3 aromatic rings. The smallest absolute Gasteiger partial charge is 0.275 e. The van der Waals surface area contributed by atoms with E-state index in [1.54, 1.807) is 12.1 Å². The maximum absolute atomic E-state index is 12.4.